The van der Waals surface area contributed by atoms with E-state index in [2.05, 4.69) is 29.0 Å². The molecule has 2 heterocycles. The van der Waals surface area contributed by atoms with Crippen molar-refractivity contribution in [3.8, 4) is 11.5 Å². The topological polar surface area (TPSA) is 112 Å². The van der Waals surface area contributed by atoms with Gasteiger partial charge in [-0.15, -0.1) is 0 Å². The average molecular weight is 494 g/mol. The molecule has 1 saturated heterocycles. The van der Waals surface area contributed by atoms with Crippen LogP contribution in [0, 0.1) is 5.92 Å². The lowest BCUT2D eigenvalue weighted by Gasteiger charge is -2.42. The van der Waals surface area contributed by atoms with Gasteiger partial charge >= 0.3 is 6.09 Å². The standard InChI is InChI=1S/C27H35N5O4/c1-18(2)16-27(36-26(33)29-17-19-8-6-5-7-9-19)10-12-32(13-11-27)25-30-21-15-23(35-4)22(34-3)14-20(21)24(28)31-25/h5-9,14-15,18H,10-13,16-17H2,1-4H3,(H,29,33)(H2,28,30,31). The first kappa shape index (κ1) is 25.3. The second-order valence-electron chi connectivity index (χ2n) is 9.63. The van der Waals surface area contributed by atoms with Crippen molar-refractivity contribution >= 4 is 28.8 Å². The van der Waals surface area contributed by atoms with Crippen LogP contribution >= 0.6 is 0 Å². The van der Waals surface area contributed by atoms with Gasteiger partial charge in [0.2, 0.25) is 5.95 Å². The lowest BCUT2D eigenvalue weighted by molar-refractivity contribution is -0.0223. The molecule has 192 valence electrons. The summed E-state index contributed by atoms with van der Waals surface area (Å²) >= 11 is 0. The minimum Gasteiger partial charge on any atom is -0.493 e. The number of methoxy groups -OCH3 is 2. The Hall–Kier alpha value is -3.75. The van der Waals surface area contributed by atoms with Gasteiger partial charge in [0.15, 0.2) is 11.5 Å². The van der Waals surface area contributed by atoms with E-state index in [1.54, 1.807) is 20.3 Å². The number of hydrogen-bond acceptors (Lipinski definition) is 8. The molecule has 9 heteroatoms. The Morgan fingerprint density at radius 3 is 2.39 bits per heavy atom. The fourth-order valence-corrected chi connectivity index (χ4v) is 4.82. The number of nitrogens with one attached hydrogen (secondary N) is 1. The number of hydrogen-bond donors (Lipinski definition) is 2. The zero-order valence-corrected chi connectivity index (χ0v) is 21.4. The van der Waals surface area contributed by atoms with Crippen LogP contribution in [-0.4, -0.2) is 49.0 Å². The number of nitrogen functional groups attached to an aromatic ring is 1. The zero-order valence-electron chi connectivity index (χ0n) is 21.4. The summed E-state index contributed by atoms with van der Waals surface area (Å²) in [6.45, 7) is 6.03. The third-order valence-electron chi connectivity index (χ3n) is 6.55. The molecule has 0 atom stereocenters. The number of rotatable bonds is 8. The van der Waals surface area contributed by atoms with E-state index in [1.165, 1.54) is 0 Å². The van der Waals surface area contributed by atoms with Crippen molar-refractivity contribution in [1.82, 2.24) is 15.3 Å². The van der Waals surface area contributed by atoms with Gasteiger partial charge in [-0.1, -0.05) is 44.2 Å². The van der Waals surface area contributed by atoms with Crippen molar-refractivity contribution in [1.29, 1.82) is 0 Å². The van der Waals surface area contributed by atoms with Crippen LogP contribution in [-0.2, 0) is 11.3 Å². The van der Waals surface area contributed by atoms with Crippen LogP contribution in [0.2, 0.25) is 0 Å². The molecular formula is C27H35N5O4. The maximum absolute atomic E-state index is 12.7. The summed E-state index contributed by atoms with van der Waals surface area (Å²) < 4.78 is 16.9. The molecule has 0 bridgehead atoms. The third kappa shape index (κ3) is 5.72. The maximum atomic E-state index is 12.7. The van der Waals surface area contributed by atoms with E-state index < -0.39 is 5.60 Å². The van der Waals surface area contributed by atoms with Crippen LogP contribution in [0.5, 0.6) is 11.5 Å². The van der Waals surface area contributed by atoms with Crippen LogP contribution in [0.3, 0.4) is 0 Å². The summed E-state index contributed by atoms with van der Waals surface area (Å²) in [6.07, 6.45) is 1.76. The molecule has 0 spiro atoms. The highest BCUT2D eigenvalue weighted by Gasteiger charge is 2.39. The summed E-state index contributed by atoms with van der Waals surface area (Å²) in [7, 11) is 3.17. The molecule has 0 saturated carbocycles. The number of carbonyl (C=O) groups excluding carboxylic acids is 1. The number of amides is 1. The van der Waals surface area contributed by atoms with Gasteiger partial charge < -0.3 is 30.2 Å². The Bertz CT molecular complexity index is 1190. The maximum Gasteiger partial charge on any atom is 0.407 e. The molecule has 3 aromatic rings. The number of nitrogens with zero attached hydrogens (tertiary/aromatic N) is 3. The Morgan fingerprint density at radius 2 is 1.75 bits per heavy atom. The highest BCUT2D eigenvalue weighted by molar-refractivity contribution is 5.91. The summed E-state index contributed by atoms with van der Waals surface area (Å²) in [6, 6.07) is 13.4. The van der Waals surface area contributed by atoms with Gasteiger partial charge in [-0.2, -0.15) is 4.98 Å². The van der Waals surface area contributed by atoms with E-state index in [4.69, 9.17) is 24.9 Å². The number of ether oxygens (including phenoxy) is 3. The molecule has 9 nitrogen and oxygen atoms in total. The summed E-state index contributed by atoms with van der Waals surface area (Å²) in [4.78, 5) is 24.1. The molecule has 36 heavy (non-hydrogen) atoms. The predicted molar refractivity (Wildman–Crippen MR) is 140 cm³/mol. The number of alkyl carbamates (subject to hydrolysis) is 1. The number of nitrogens with two attached hydrogens (primary N) is 1. The van der Waals surface area contributed by atoms with E-state index in [0.717, 1.165) is 12.0 Å². The van der Waals surface area contributed by atoms with Crippen LogP contribution in [0.4, 0.5) is 16.6 Å². The molecule has 0 unspecified atom stereocenters. The largest absolute Gasteiger partial charge is 0.493 e. The molecule has 1 aliphatic heterocycles. The van der Waals surface area contributed by atoms with Crippen molar-refractivity contribution in [2.24, 2.45) is 5.92 Å². The molecular weight excluding hydrogens is 458 g/mol. The lowest BCUT2D eigenvalue weighted by atomic mass is 9.83. The first-order chi connectivity index (χ1) is 17.3. The second kappa shape index (κ2) is 10.9. The third-order valence-corrected chi connectivity index (χ3v) is 6.55. The molecule has 1 aliphatic rings. The van der Waals surface area contributed by atoms with Crippen molar-refractivity contribution in [2.45, 2.75) is 45.3 Å². The molecule has 0 radical (unpaired) electrons. The normalized spacial score (nSPS) is 15.1. The fourth-order valence-electron chi connectivity index (χ4n) is 4.82. The van der Waals surface area contributed by atoms with Crippen molar-refractivity contribution in [2.75, 3.05) is 37.9 Å². The minimum atomic E-state index is -0.537. The van der Waals surface area contributed by atoms with Crippen LogP contribution in [0.15, 0.2) is 42.5 Å². The summed E-state index contributed by atoms with van der Waals surface area (Å²) in [5.41, 5.74) is 7.47. The van der Waals surface area contributed by atoms with Gasteiger partial charge in [-0.3, -0.25) is 0 Å². The molecule has 0 aliphatic carbocycles. The van der Waals surface area contributed by atoms with E-state index in [-0.39, 0.29) is 6.09 Å². The predicted octanol–water partition coefficient (Wildman–Crippen LogP) is 4.54. The molecule has 1 fully saturated rings. The fraction of sp³-hybridized carbons (Fsp3) is 0.444. The highest BCUT2D eigenvalue weighted by Crippen LogP contribution is 2.37. The Morgan fingerprint density at radius 1 is 1.08 bits per heavy atom. The number of anilines is 2. The van der Waals surface area contributed by atoms with Crippen molar-refractivity contribution < 1.29 is 19.0 Å². The van der Waals surface area contributed by atoms with E-state index in [1.807, 2.05) is 36.4 Å². The van der Waals surface area contributed by atoms with Gasteiger partial charge in [-0.05, 0) is 24.0 Å². The van der Waals surface area contributed by atoms with Crippen molar-refractivity contribution in [3.63, 3.8) is 0 Å². The zero-order chi connectivity index (χ0) is 25.7. The van der Waals surface area contributed by atoms with E-state index >= 15 is 0 Å². The van der Waals surface area contributed by atoms with Gasteiger partial charge in [0.05, 0.1) is 19.7 Å². The Kier molecular flexibility index (Phi) is 7.67. The smallest absolute Gasteiger partial charge is 0.407 e. The quantitative estimate of drug-likeness (QED) is 0.470. The van der Waals surface area contributed by atoms with Gasteiger partial charge in [0.25, 0.3) is 0 Å². The lowest BCUT2D eigenvalue weighted by Crippen LogP contribution is -2.49. The summed E-state index contributed by atoms with van der Waals surface area (Å²) in [5, 5.41) is 3.61. The second-order valence-corrected chi connectivity index (χ2v) is 9.63. The molecule has 1 aromatic heterocycles. The van der Waals surface area contributed by atoms with Gasteiger partial charge in [-0.25, -0.2) is 9.78 Å². The van der Waals surface area contributed by atoms with Crippen LogP contribution in [0.25, 0.3) is 10.9 Å². The number of fused-ring (bicyclic) bond motifs is 1. The number of piperidine rings is 1. The first-order valence-electron chi connectivity index (χ1n) is 12.3. The number of carbonyl (C=O) groups is 1. The van der Waals surface area contributed by atoms with Crippen LogP contribution < -0.4 is 25.4 Å². The Labute approximate surface area is 211 Å². The summed E-state index contributed by atoms with van der Waals surface area (Å²) in [5.74, 6) is 2.48. The molecule has 3 N–H and O–H groups in total. The number of aromatic nitrogens is 2. The van der Waals surface area contributed by atoms with Gasteiger partial charge in [0.1, 0.15) is 11.4 Å². The first-order valence-corrected chi connectivity index (χ1v) is 12.3. The monoisotopic (exact) mass is 493 g/mol. The SMILES string of the molecule is COc1cc2nc(N3CCC(CC(C)C)(OC(=O)NCc4ccccc4)CC3)nc(N)c2cc1OC. The van der Waals surface area contributed by atoms with E-state index in [9.17, 15) is 4.79 Å². The van der Waals surface area contributed by atoms with E-state index in [0.29, 0.717) is 72.6 Å². The minimum absolute atomic E-state index is 0.381. The van der Waals surface area contributed by atoms with Gasteiger partial charge in [0, 0.05) is 43.9 Å². The molecule has 2 aromatic carbocycles. The molecule has 1 amide bonds. The van der Waals surface area contributed by atoms with Crippen LogP contribution in [0.1, 0.15) is 38.7 Å². The average Bonchev–Trinajstić information content (AvgIpc) is 2.87. The molecule has 4 rings (SSSR count). The Balaban J connectivity index is 1.47. The number of benzene rings is 2. The van der Waals surface area contributed by atoms with Crippen molar-refractivity contribution in [3.05, 3.63) is 48.0 Å². The highest BCUT2D eigenvalue weighted by atomic mass is 16.6.